The van der Waals surface area contributed by atoms with Crippen molar-refractivity contribution in [2.45, 2.75) is 18.9 Å². The van der Waals surface area contributed by atoms with E-state index in [9.17, 15) is 0 Å². The average molecular weight is 286 g/mol. The molecule has 1 aliphatic heterocycles. The van der Waals surface area contributed by atoms with E-state index >= 15 is 0 Å². The Kier molecular flexibility index (Phi) is 3.69. The monoisotopic (exact) mass is 284 g/mol. The Hall–Kier alpha value is 0.340. The average Bonchev–Trinajstić information content (AvgIpc) is 2.99. The number of halogens is 4. The van der Waals surface area contributed by atoms with Gasteiger partial charge in [0.05, 0.1) is 32.8 Å². The van der Waals surface area contributed by atoms with Gasteiger partial charge in [-0.3, -0.25) is 0 Å². The third kappa shape index (κ3) is 2.72. The van der Waals surface area contributed by atoms with Gasteiger partial charge in [0, 0.05) is 0 Å². The molecule has 1 saturated heterocycles. The second-order valence-corrected chi connectivity index (χ2v) is 5.01. The molecule has 1 aromatic rings. The summed E-state index contributed by atoms with van der Waals surface area (Å²) in [6.07, 6.45) is 1.98. The van der Waals surface area contributed by atoms with Gasteiger partial charge in [-0.25, -0.2) is 0 Å². The second-order valence-electron chi connectivity index (χ2n) is 3.44. The molecule has 0 spiro atoms. The molecule has 0 amide bonds. The van der Waals surface area contributed by atoms with Gasteiger partial charge in [0.2, 0.25) is 0 Å². The van der Waals surface area contributed by atoms with Gasteiger partial charge in [0.15, 0.2) is 0 Å². The zero-order chi connectivity index (χ0) is 11.0. The Labute approximate surface area is 108 Å². The van der Waals surface area contributed by atoms with Gasteiger partial charge in [-0.05, 0) is 24.5 Å². The molecule has 0 aliphatic carbocycles. The van der Waals surface area contributed by atoms with E-state index < -0.39 is 0 Å². The fourth-order valence-electron chi connectivity index (χ4n) is 1.38. The van der Waals surface area contributed by atoms with Gasteiger partial charge >= 0.3 is 0 Å². The van der Waals surface area contributed by atoms with Crippen LogP contribution >= 0.6 is 46.4 Å². The highest BCUT2D eigenvalue weighted by Gasteiger charge is 2.23. The van der Waals surface area contributed by atoms with E-state index in [2.05, 4.69) is 0 Å². The first-order valence-corrected chi connectivity index (χ1v) is 6.04. The van der Waals surface area contributed by atoms with Crippen molar-refractivity contribution in [3.8, 4) is 0 Å². The summed E-state index contributed by atoms with van der Waals surface area (Å²) in [7, 11) is 0. The van der Waals surface area contributed by atoms with Crippen LogP contribution in [-0.2, 0) is 11.2 Å². The molecule has 0 bridgehead atoms. The van der Waals surface area contributed by atoms with Crippen LogP contribution in [0.4, 0.5) is 0 Å². The van der Waals surface area contributed by atoms with Gasteiger partial charge in [-0.15, -0.1) is 0 Å². The standard InChI is InChI=1S/C10H8Cl4O/c11-7-3-8(12)10(14)6(9(7)13)2-1-5-4-15-5/h3,5H,1-2,4H2. The van der Waals surface area contributed by atoms with Crippen molar-refractivity contribution in [1.82, 2.24) is 0 Å². The molecule has 82 valence electrons. The molecule has 0 N–H and O–H groups in total. The highest BCUT2D eigenvalue weighted by molar-refractivity contribution is 6.48. The summed E-state index contributed by atoms with van der Waals surface area (Å²) < 4.78 is 5.12. The first kappa shape index (κ1) is 11.8. The molecule has 15 heavy (non-hydrogen) atoms. The lowest BCUT2D eigenvalue weighted by Gasteiger charge is -2.09. The van der Waals surface area contributed by atoms with Crippen LogP contribution in [0.15, 0.2) is 6.07 Å². The van der Waals surface area contributed by atoms with Crippen LogP contribution < -0.4 is 0 Å². The Morgan fingerprint density at radius 3 is 2.13 bits per heavy atom. The van der Waals surface area contributed by atoms with Crippen molar-refractivity contribution in [1.29, 1.82) is 0 Å². The third-order valence-electron chi connectivity index (χ3n) is 2.32. The number of hydrogen-bond donors (Lipinski definition) is 0. The van der Waals surface area contributed by atoms with E-state index in [1.165, 1.54) is 0 Å². The largest absolute Gasteiger partial charge is 0.373 e. The number of epoxide rings is 1. The Morgan fingerprint density at radius 1 is 1.13 bits per heavy atom. The van der Waals surface area contributed by atoms with Crippen LogP contribution in [0.3, 0.4) is 0 Å². The molecule has 1 aromatic carbocycles. The van der Waals surface area contributed by atoms with Crippen LogP contribution in [0, 0.1) is 0 Å². The molecule has 0 radical (unpaired) electrons. The molecule has 0 saturated carbocycles. The lowest BCUT2D eigenvalue weighted by molar-refractivity contribution is 0.397. The fraction of sp³-hybridized carbons (Fsp3) is 0.400. The maximum Gasteiger partial charge on any atom is 0.0813 e. The van der Waals surface area contributed by atoms with Gasteiger partial charge in [0.25, 0.3) is 0 Å². The van der Waals surface area contributed by atoms with Crippen LogP contribution in [0.25, 0.3) is 0 Å². The molecule has 1 atom stereocenters. The second kappa shape index (κ2) is 4.68. The number of benzene rings is 1. The SMILES string of the molecule is Clc1cc(Cl)c(Cl)c(CCC2CO2)c1Cl. The van der Waals surface area contributed by atoms with Gasteiger partial charge < -0.3 is 4.74 Å². The Bertz CT molecular complexity index is 361. The summed E-state index contributed by atoms with van der Waals surface area (Å²) in [5.41, 5.74) is 0.811. The molecular formula is C10H8Cl4O. The molecule has 1 heterocycles. The summed E-state index contributed by atoms with van der Waals surface area (Å²) in [4.78, 5) is 0. The van der Waals surface area contributed by atoms with Crippen LogP contribution in [0.2, 0.25) is 20.1 Å². The lowest BCUT2D eigenvalue weighted by Crippen LogP contribution is -1.94. The van der Waals surface area contributed by atoms with E-state index in [0.29, 0.717) is 26.2 Å². The van der Waals surface area contributed by atoms with Crippen molar-refractivity contribution >= 4 is 46.4 Å². The zero-order valence-corrected chi connectivity index (χ0v) is 10.7. The summed E-state index contributed by atoms with van der Waals surface area (Å²) in [5, 5.41) is 1.87. The van der Waals surface area contributed by atoms with Crippen molar-refractivity contribution in [2.24, 2.45) is 0 Å². The highest BCUT2D eigenvalue weighted by Crippen LogP contribution is 2.38. The van der Waals surface area contributed by atoms with Gasteiger partial charge in [-0.2, -0.15) is 0 Å². The smallest absolute Gasteiger partial charge is 0.0813 e. The topological polar surface area (TPSA) is 12.5 Å². The minimum Gasteiger partial charge on any atom is -0.373 e. The maximum atomic E-state index is 6.06. The predicted molar refractivity (Wildman–Crippen MR) is 64.5 cm³/mol. The summed E-state index contributed by atoms with van der Waals surface area (Å²) >= 11 is 23.9. The number of ether oxygens (including phenoxy) is 1. The third-order valence-corrected chi connectivity index (χ3v) is 3.97. The molecule has 2 rings (SSSR count). The normalized spacial score (nSPS) is 19.3. The molecular weight excluding hydrogens is 278 g/mol. The van der Waals surface area contributed by atoms with Crippen LogP contribution in [0.5, 0.6) is 0 Å². The summed E-state index contributed by atoms with van der Waals surface area (Å²) in [6, 6.07) is 1.56. The van der Waals surface area contributed by atoms with E-state index in [1.54, 1.807) is 6.07 Å². The first-order chi connectivity index (χ1) is 7.09. The molecule has 1 fully saturated rings. The molecule has 1 unspecified atom stereocenters. The Morgan fingerprint density at radius 2 is 1.67 bits per heavy atom. The molecule has 0 aromatic heterocycles. The highest BCUT2D eigenvalue weighted by atomic mass is 35.5. The Balaban J connectivity index is 2.25. The summed E-state index contributed by atoms with van der Waals surface area (Å²) in [6.45, 7) is 0.823. The minimum atomic E-state index is 0.342. The number of rotatable bonds is 3. The van der Waals surface area contributed by atoms with Crippen molar-refractivity contribution in [3.63, 3.8) is 0 Å². The quantitative estimate of drug-likeness (QED) is 0.583. The van der Waals surface area contributed by atoms with Crippen molar-refractivity contribution in [2.75, 3.05) is 6.61 Å². The van der Waals surface area contributed by atoms with Gasteiger partial charge in [-0.1, -0.05) is 46.4 Å². The van der Waals surface area contributed by atoms with Crippen molar-refractivity contribution in [3.05, 3.63) is 31.7 Å². The number of hydrogen-bond acceptors (Lipinski definition) is 1. The predicted octanol–water partition coefficient (Wildman–Crippen LogP) is 4.63. The van der Waals surface area contributed by atoms with E-state index in [-0.39, 0.29) is 0 Å². The molecule has 5 heteroatoms. The molecule has 1 nitrogen and oxygen atoms in total. The zero-order valence-electron chi connectivity index (χ0n) is 7.70. The van der Waals surface area contributed by atoms with Crippen LogP contribution in [0.1, 0.15) is 12.0 Å². The van der Waals surface area contributed by atoms with Crippen molar-refractivity contribution < 1.29 is 4.74 Å². The van der Waals surface area contributed by atoms with E-state index in [0.717, 1.165) is 25.0 Å². The van der Waals surface area contributed by atoms with E-state index in [1.807, 2.05) is 0 Å². The maximum absolute atomic E-state index is 6.06. The fourth-order valence-corrected chi connectivity index (χ4v) is 2.42. The minimum absolute atomic E-state index is 0.342. The van der Waals surface area contributed by atoms with E-state index in [4.69, 9.17) is 51.1 Å². The van der Waals surface area contributed by atoms with Gasteiger partial charge in [0.1, 0.15) is 0 Å². The first-order valence-electron chi connectivity index (χ1n) is 4.53. The van der Waals surface area contributed by atoms with Crippen LogP contribution in [-0.4, -0.2) is 12.7 Å². The molecule has 1 aliphatic rings. The summed E-state index contributed by atoms with van der Waals surface area (Å²) in [5.74, 6) is 0. The lowest BCUT2D eigenvalue weighted by atomic mass is 10.1.